The molecule has 3 nitrogen and oxygen atoms in total. The standard InChI is InChI=1S/C10H18N2O/c1-3-10(2)11-4-5-12-6-8-13-9-7-12/h1,10-11H,4-9H2,2H3. The Morgan fingerprint density at radius 3 is 2.85 bits per heavy atom. The quantitative estimate of drug-likeness (QED) is 0.616. The van der Waals surface area contributed by atoms with E-state index in [9.17, 15) is 0 Å². The van der Waals surface area contributed by atoms with Crippen LogP contribution in [0.3, 0.4) is 0 Å². The van der Waals surface area contributed by atoms with Gasteiger partial charge in [0.1, 0.15) is 0 Å². The maximum Gasteiger partial charge on any atom is 0.0658 e. The van der Waals surface area contributed by atoms with E-state index in [1.807, 2.05) is 6.92 Å². The van der Waals surface area contributed by atoms with Gasteiger partial charge in [0.25, 0.3) is 0 Å². The highest BCUT2D eigenvalue weighted by atomic mass is 16.5. The molecule has 3 heteroatoms. The smallest absolute Gasteiger partial charge is 0.0658 e. The van der Waals surface area contributed by atoms with Gasteiger partial charge in [0.2, 0.25) is 0 Å². The second-order valence-corrected chi connectivity index (χ2v) is 3.30. The molecule has 1 unspecified atom stereocenters. The summed E-state index contributed by atoms with van der Waals surface area (Å²) < 4.78 is 5.25. The molecule has 0 aliphatic carbocycles. The van der Waals surface area contributed by atoms with Crippen molar-refractivity contribution in [3.8, 4) is 12.3 Å². The molecule has 0 spiro atoms. The van der Waals surface area contributed by atoms with Gasteiger partial charge in [-0.3, -0.25) is 4.90 Å². The second kappa shape index (κ2) is 5.98. The molecule has 1 aliphatic rings. The van der Waals surface area contributed by atoms with Gasteiger partial charge in [-0.2, -0.15) is 0 Å². The molecule has 1 rings (SSSR count). The Labute approximate surface area is 80.4 Å². The summed E-state index contributed by atoms with van der Waals surface area (Å²) in [6.07, 6.45) is 5.25. The van der Waals surface area contributed by atoms with E-state index >= 15 is 0 Å². The van der Waals surface area contributed by atoms with E-state index < -0.39 is 0 Å². The molecule has 0 bridgehead atoms. The summed E-state index contributed by atoms with van der Waals surface area (Å²) in [6.45, 7) is 7.85. The molecular weight excluding hydrogens is 164 g/mol. The first kappa shape index (κ1) is 10.5. The first-order chi connectivity index (χ1) is 6.33. The minimum Gasteiger partial charge on any atom is -0.379 e. The Balaban J connectivity index is 2.02. The van der Waals surface area contributed by atoms with E-state index in [-0.39, 0.29) is 6.04 Å². The molecule has 1 atom stereocenters. The van der Waals surface area contributed by atoms with Crippen LogP contribution in [0.15, 0.2) is 0 Å². The summed E-state index contributed by atoms with van der Waals surface area (Å²) in [6, 6.07) is 0.182. The van der Waals surface area contributed by atoms with Crippen molar-refractivity contribution in [3.05, 3.63) is 0 Å². The molecular formula is C10H18N2O. The second-order valence-electron chi connectivity index (χ2n) is 3.30. The number of rotatable bonds is 4. The lowest BCUT2D eigenvalue weighted by Crippen LogP contribution is -2.41. The van der Waals surface area contributed by atoms with E-state index in [4.69, 9.17) is 11.2 Å². The summed E-state index contributed by atoms with van der Waals surface area (Å²) in [5.41, 5.74) is 0. The lowest BCUT2D eigenvalue weighted by atomic mass is 10.3. The zero-order valence-corrected chi connectivity index (χ0v) is 8.25. The third-order valence-corrected chi connectivity index (χ3v) is 2.23. The van der Waals surface area contributed by atoms with Gasteiger partial charge in [0.15, 0.2) is 0 Å². The molecule has 1 saturated heterocycles. The normalized spacial score (nSPS) is 20.9. The van der Waals surface area contributed by atoms with Crippen molar-refractivity contribution in [2.24, 2.45) is 0 Å². The Kier molecular flexibility index (Phi) is 4.84. The zero-order valence-electron chi connectivity index (χ0n) is 8.25. The highest BCUT2D eigenvalue weighted by Gasteiger charge is 2.09. The van der Waals surface area contributed by atoms with Crippen LogP contribution in [0, 0.1) is 12.3 Å². The van der Waals surface area contributed by atoms with E-state index in [2.05, 4.69) is 16.1 Å². The molecule has 1 N–H and O–H groups in total. The molecule has 0 aromatic carbocycles. The van der Waals surface area contributed by atoms with Gasteiger partial charge in [-0.15, -0.1) is 6.42 Å². The molecule has 0 amide bonds. The summed E-state index contributed by atoms with van der Waals surface area (Å²) in [5.74, 6) is 2.65. The molecule has 0 aromatic rings. The average molecular weight is 182 g/mol. The van der Waals surface area contributed by atoms with Crippen molar-refractivity contribution in [1.82, 2.24) is 10.2 Å². The molecule has 0 saturated carbocycles. The Morgan fingerprint density at radius 1 is 1.54 bits per heavy atom. The number of nitrogens with one attached hydrogen (secondary N) is 1. The number of nitrogens with zero attached hydrogens (tertiary/aromatic N) is 1. The average Bonchev–Trinajstić information content (AvgIpc) is 2.19. The van der Waals surface area contributed by atoms with Crippen molar-refractivity contribution in [2.45, 2.75) is 13.0 Å². The highest BCUT2D eigenvalue weighted by molar-refractivity contribution is 4.95. The summed E-state index contributed by atoms with van der Waals surface area (Å²) in [4.78, 5) is 2.39. The molecule has 1 fully saturated rings. The number of morpholine rings is 1. The zero-order chi connectivity index (χ0) is 9.52. The van der Waals surface area contributed by atoms with Crippen molar-refractivity contribution >= 4 is 0 Å². The summed E-state index contributed by atoms with van der Waals surface area (Å²) in [5, 5.41) is 3.26. The van der Waals surface area contributed by atoms with Gasteiger partial charge in [0.05, 0.1) is 19.3 Å². The van der Waals surface area contributed by atoms with Crippen LogP contribution >= 0.6 is 0 Å². The molecule has 1 aliphatic heterocycles. The van der Waals surface area contributed by atoms with E-state index in [0.29, 0.717) is 0 Å². The maximum absolute atomic E-state index is 5.25. The van der Waals surface area contributed by atoms with Gasteiger partial charge in [0, 0.05) is 26.2 Å². The minimum atomic E-state index is 0.182. The van der Waals surface area contributed by atoms with Crippen LogP contribution in [0.1, 0.15) is 6.92 Å². The van der Waals surface area contributed by atoms with E-state index in [1.165, 1.54) is 0 Å². The third kappa shape index (κ3) is 4.28. The predicted octanol–water partition coefficient (Wildman–Crippen LogP) is -0.0701. The Bertz CT molecular complexity index is 170. The molecule has 0 radical (unpaired) electrons. The van der Waals surface area contributed by atoms with Crippen LogP contribution in [0.5, 0.6) is 0 Å². The molecule has 0 aromatic heterocycles. The molecule has 13 heavy (non-hydrogen) atoms. The van der Waals surface area contributed by atoms with Gasteiger partial charge in [-0.25, -0.2) is 0 Å². The lowest BCUT2D eigenvalue weighted by Gasteiger charge is -2.26. The van der Waals surface area contributed by atoms with Gasteiger partial charge in [-0.1, -0.05) is 5.92 Å². The number of hydrogen-bond donors (Lipinski definition) is 1. The predicted molar refractivity (Wildman–Crippen MR) is 53.6 cm³/mol. The molecule has 74 valence electrons. The minimum absolute atomic E-state index is 0.182. The van der Waals surface area contributed by atoms with Gasteiger partial charge in [-0.05, 0) is 6.92 Å². The monoisotopic (exact) mass is 182 g/mol. The third-order valence-electron chi connectivity index (χ3n) is 2.23. The first-order valence-electron chi connectivity index (χ1n) is 4.82. The first-order valence-corrected chi connectivity index (χ1v) is 4.82. The topological polar surface area (TPSA) is 24.5 Å². The van der Waals surface area contributed by atoms with Crippen molar-refractivity contribution in [3.63, 3.8) is 0 Å². The van der Waals surface area contributed by atoms with Crippen LogP contribution in [-0.4, -0.2) is 50.3 Å². The van der Waals surface area contributed by atoms with Crippen molar-refractivity contribution in [2.75, 3.05) is 39.4 Å². The van der Waals surface area contributed by atoms with Crippen molar-refractivity contribution in [1.29, 1.82) is 0 Å². The van der Waals surface area contributed by atoms with E-state index in [0.717, 1.165) is 39.4 Å². The van der Waals surface area contributed by atoms with Crippen molar-refractivity contribution < 1.29 is 4.74 Å². The van der Waals surface area contributed by atoms with Crippen LogP contribution < -0.4 is 5.32 Å². The van der Waals surface area contributed by atoms with Gasteiger partial charge < -0.3 is 10.1 Å². The fraction of sp³-hybridized carbons (Fsp3) is 0.800. The summed E-state index contributed by atoms with van der Waals surface area (Å²) >= 11 is 0. The fourth-order valence-electron chi connectivity index (χ4n) is 1.32. The van der Waals surface area contributed by atoms with Gasteiger partial charge >= 0.3 is 0 Å². The molecule has 1 heterocycles. The number of terminal acetylenes is 1. The largest absolute Gasteiger partial charge is 0.379 e. The highest BCUT2D eigenvalue weighted by Crippen LogP contribution is 1.94. The summed E-state index contributed by atoms with van der Waals surface area (Å²) in [7, 11) is 0. The van der Waals surface area contributed by atoms with Crippen LogP contribution in [-0.2, 0) is 4.74 Å². The SMILES string of the molecule is C#CC(C)NCCN1CCOCC1. The Morgan fingerprint density at radius 2 is 2.23 bits per heavy atom. The number of ether oxygens (including phenoxy) is 1. The fourth-order valence-corrected chi connectivity index (χ4v) is 1.32. The van der Waals surface area contributed by atoms with Crippen LogP contribution in [0.25, 0.3) is 0 Å². The van der Waals surface area contributed by atoms with Crippen LogP contribution in [0.2, 0.25) is 0 Å². The Hall–Kier alpha value is -0.560. The van der Waals surface area contributed by atoms with Crippen LogP contribution in [0.4, 0.5) is 0 Å². The maximum atomic E-state index is 5.25. The number of hydrogen-bond acceptors (Lipinski definition) is 3. The van der Waals surface area contributed by atoms with E-state index in [1.54, 1.807) is 0 Å². The lowest BCUT2D eigenvalue weighted by molar-refractivity contribution is 0.0383.